The average molecular weight is 704 g/mol. The molecule has 0 unspecified atom stereocenters. The van der Waals surface area contributed by atoms with Crippen LogP contribution in [0.2, 0.25) is 0 Å². The van der Waals surface area contributed by atoms with Gasteiger partial charge in [-0.25, -0.2) is 13.3 Å². The summed E-state index contributed by atoms with van der Waals surface area (Å²) in [6.07, 6.45) is -2.07. The Hall–Kier alpha value is -2.87. The quantitative estimate of drug-likeness (QED) is 0.297. The molecule has 0 bridgehead atoms. The van der Waals surface area contributed by atoms with Gasteiger partial charge in [0.05, 0.1) is 24.5 Å². The summed E-state index contributed by atoms with van der Waals surface area (Å²) in [4.78, 5) is 45.4. The van der Waals surface area contributed by atoms with Crippen LogP contribution in [0.3, 0.4) is 0 Å². The van der Waals surface area contributed by atoms with Crippen molar-refractivity contribution in [2.45, 2.75) is 82.1 Å². The van der Waals surface area contributed by atoms with E-state index < -0.39 is 84.6 Å². The molecule has 11 nitrogen and oxygen atoms in total. The lowest BCUT2D eigenvalue weighted by Gasteiger charge is -2.63. The molecule has 10 atom stereocenters. The maximum absolute atomic E-state index is 17.7. The molecule has 14 heteroatoms. The number of phosphoric ester groups is 1. The van der Waals surface area contributed by atoms with Gasteiger partial charge in [-0.15, -0.1) is 0 Å². The predicted octanol–water partition coefficient (Wildman–Crippen LogP) is 3.87. The van der Waals surface area contributed by atoms with Gasteiger partial charge < -0.3 is 34.0 Å². The van der Waals surface area contributed by atoms with Crippen LogP contribution < -0.4 is 0 Å². The number of rotatable bonds is 8. The number of carbonyl (C=O) groups excluding carboxylic acids is 2. The molecule has 7 rings (SSSR count). The van der Waals surface area contributed by atoms with Crippen LogP contribution in [0.15, 0.2) is 60.2 Å². The van der Waals surface area contributed by atoms with Crippen molar-refractivity contribution in [2.24, 2.45) is 29.7 Å². The third kappa shape index (κ3) is 4.96. The van der Waals surface area contributed by atoms with Crippen molar-refractivity contribution in [3.8, 4) is 0 Å². The molecule has 1 aromatic heterocycles. The van der Waals surface area contributed by atoms with Gasteiger partial charge >= 0.3 is 7.82 Å². The number of phosphoric acid groups is 1. The Morgan fingerprint density at radius 3 is 2.47 bits per heavy atom. The van der Waals surface area contributed by atoms with Crippen molar-refractivity contribution in [3.63, 3.8) is 0 Å². The molecule has 0 amide bonds. The van der Waals surface area contributed by atoms with Crippen LogP contribution in [0, 0.1) is 22.7 Å². The summed E-state index contributed by atoms with van der Waals surface area (Å²) < 4.78 is 65.0. The molecule has 264 valence electrons. The molecule has 1 aromatic carbocycles. The van der Waals surface area contributed by atoms with Gasteiger partial charge in [0.25, 0.3) is 0 Å². The Kier molecular flexibility index (Phi) is 8.17. The van der Waals surface area contributed by atoms with Gasteiger partial charge in [0.1, 0.15) is 12.8 Å². The molecule has 2 heterocycles. The zero-order valence-electron chi connectivity index (χ0n) is 27.3. The summed E-state index contributed by atoms with van der Waals surface area (Å²) in [7, 11) is -3.29. The molecule has 4 fully saturated rings. The molecule has 3 saturated carbocycles. The molecule has 0 radical (unpaired) electrons. The number of alkyl halides is 2. The van der Waals surface area contributed by atoms with Crippen molar-refractivity contribution in [1.29, 1.82) is 0 Å². The Morgan fingerprint density at radius 2 is 1.80 bits per heavy atom. The van der Waals surface area contributed by atoms with Crippen LogP contribution >= 0.6 is 7.82 Å². The molecule has 5 aliphatic rings. The number of aliphatic hydroxyl groups excluding tert-OH is 2. The zero-order chi connectivity index (χ0) is 35.3. The Morgan fingerprint density at radius 1 is 1.10 bits per heavy atom. The summed E-state index contributed by atoms with van der Waals surface area (Å²) in [6.45, 7) is 2.03. The van der Waals surface area contributed by atoms with Crippen molar-refractivity contribution < 1.29 is 56.9 Å². The van der Waals surface area contributed by atoms with Gasteiger partial charge in [-0.05, 0) is 73.1 Å². The normalized spacial score (nSPS) is 39.6. The number of carbonyl (C=O) groups is 2. The molecule has 1 aliphatic heterocycles. The monoisotopic (exact) mass is 703 g/mol. The van der Waals surface area contributed by atoms with Gasteiger partial charge in [-0.2, -0.15) is 0 Å². The maximum atomic E-state index is 17.7. The third-order valence-corrected chi connectivity index (χ3v) is 12.7. The summed E-state index contributed by atoms with van der Waals surface area (Å²) in [5.41, 5.74) is -4.19. The second-order valence-corrected chi connectivity index (χ2v) is 15.8. The van der Waals surface area contributed by atoms with Gasteiger partial charge in [0.15, 0.2) is 22.8 Å². The van der Waals surface area contributed by atoms with E-state index in [1.807, 2.05) is 41.9 Å². The number of aromatic nitrogens is 1. The van der Waals surface area contributed by atoms with Crippen LogP contribution in [0.4, 0.5) is 8.78 Å². The van der Waals surface area contributed by atoms with E-state index in [9.17, 15) is 34.2 Å². The van der Waals surface area contributed by atoms with E-state index in [-0.39, 0.29) is 31.4 Å². The summed E-state index contributed by atoms with van der Waals surface area (Å²) in [6, 6.07) is 11.2. The number of ketones is 2. The lowest BCUT2D eigenvalue weighted by Crippen LogP contribution is -2.70. The highest BCUT2D eigenvalue weighted by Gasteiger charge is 2.80. The lowest BCUT2D eigenvalue weighted by atomic mass is 9.44. The second-order valence-electron chi connectivity index (χ2n) is 14.6. The largest absolute Gasteiger partial charge is 0.470 e. The van der Waals surface area contributed by atoms with Gasteiger partial charge in [-0.3, -0.25) is 14.1 Å². The first-order valence-corrected chi connectivity index (χ1v) is 17.9. The van der Waals surface area contributed by atoms with Gasteiger partial charge in [-0.1, -0.05) is 37.3 Å². The highest BCUT2D eigenvalue weighted by molar-refractivity contribution is 7.46. The number of benzene rings is 1. The fourth-order valence-electron chi connectivity index (χ4n) is 9.79. The number of ether oxygens (including phenoxy) is 2. The number of allylic oxidation sites excluding steroid dienone is 4. The summed E-state index contributed by atoms with van der Waals surface area (Å²) in [5, 5.41) is 21.2. The predicted molar refractivity (Wildman–Crippen MR) is 169 cm³/mol. The highest BCUT2D eigenvalue weighted by atomic mass is 31.2. The van der Waals surface area contributed by atoms with Crippen LogP contribution in [0.25, 0.3) is 0 Å². The van der Waals surface area contributed by atoms with Crippen molar-refractivity contribution in [3.05, 3.63) is 82.7 Å². The van der Waals surface area contributed by atoms with E-state index >= 15 is 8.78 Å². The van der Waals surface area contributed by atoms with Crippen molar-refractivity contribution in [1.82, 2.24) is 4.57 Å². The zero-order valence-corrected chi connectivity index (χ0v) is 28.2. The van der Waals surface area contributed by atoms with Crippen molar-refractivity contribution in [2.75, 3.05) is 6.61 Å². The SMILES string of the molecule is Cn1c(Cc2ccc(CO)cc2)ccc1[C@@H]1O[C@@H]2C[C@H]3[C@@H]4C[C@H](F)C5=CC(=O)C=C[C@]5(C)[C@@]4(F)[C@@H](O)C[C@]3(C)[C@]2(C(=O)COP(=O)(O)O)O1. The first kappa shape index (κ1) is 34.6. The second kappa shape index (κ2) is 11.6. The number of fused-ring (bicyclic) bond motifs is 7. The lowest BCUT2D eigenvalue weighted by molar-refractivity contribution is -0.235. The topological polar surface area (TPSA) is 165 Å². The highest BCUT2D eigenvalue weighted by Crippen LogP contribution is 2.72. The van der Waals surface area contributed by atoms with Crippen molar-refractivity contribution >= 4 is 19.4 Å². The first-order chi connectivity index (χ1) is 23.0. The Bertz CT molecular complexity index is 1800. The summed E-state index contributed by atoms with van der Waals surface area (Å²) in [5.74, 6) is -3.19. The number of hydrogen-bond donors (Lipinski definition) is 4. The van der Waals surface area contributed by atoms with E-state index in [2.05, 4.69) is 4.52 Å². The van der Waals surface area contributed by atoms with E-state index in [0.717, 1.165) is 22.9 Å². The van der Waals surface area contributed by atoms with E-state index in [4.69, 9.17) is 9.47 Å². The number of nitrogens with zero attached hydrogens (tertiary/aromatic N) is 1. The van der Waals surface area contributed by atoms with Crippen LogP contribution in [0.1, 0.15) is 61.9 Å². The van der Waals surface area contributed by atoms with E-state index in [1.165, 1.54) is 19.1 Å². The van der Waals surface area contributed by atoms with Crippen LogP contribution in [-0.4, -0.2) is 72.4 Å². The standard InChI is InChI=1S/C35H40F2NO10P/c1-32-11-10-22(40)13-25(32)26(36)14-24-23-15-30-35(29(42)18-46-49(43,44)45,33(23,2)16-28(41)34(24,32)37)48-31(47-30)27-9-8-21(38(27)3)12-19-4-6-20(17-39)7-5-19/h4-11,13,23-24,26,28,30-31,39,41H,12,14-18H2,1-3H3,(H2,43,44,45)/t23-,24-,26-,28-,30+,31+,32-,33-,34-,35+/m0/s1. The third-order valence-electron chi connectivity index (χ3n) is 12.2. The van der Waals surface area contributed by atoms with E-state index in [0.29, 0.717) is 12.1 Å². The molecule has 4 aliphatic carbocycles. The van der Waals surface area contributed by atoms with Gasteiger partial charge in [0, 0.05) is 35.9 Å². The number of halogens is 2. The average Bonchev–Trinajstić information content (AvgIpc) is 3.68. The minimum atomic E-state index is -5.10. The van der Waals surface area contributed by atoms with Crippen LogP contribution in [0.5, 0.6) is 0 Å². The molecule has 1 saturated heterocycles. The van der Waals surface area contributed by atoms with E-state index in [1.54, 1.807) is 13.0 Å². The molecule has 2 aromatic rings. The first-order valence-electron chi connectivity index (χ1n) is 16.3. The molecule has 49 heavy (non-hydrogen) atoms. The molecular formula is C35H40F2NO10P. The van der Waals surface area contributed by atoms with Crippen LogP contribution in [-0.2, 0) is 48.2 Å². The fourth-order valence-corrected chi connectivity index (χ4v) is 10.1. The minimum absolute atomic E-state index is 0.0307. The number of Topliss-reactive ketones (excluding diaryl/α,β-unsaturated/α-hetero) is 1. The molecule has 4 N–H and O–H groups in total. The minimum Gasteiger partial charge on any atom is -0.392 e. The summed E-state index contributed by atoms with van der Waals surface area (Å²) >= 11 is 0. The number of hydrogen-bond acceptors (Lipinski definition) is 8. The Labute approximate surface area is 281 Å². The Balaban J connectivity index is 1.25. The maximum Gasteiger partial charge on any atom is 0.470 e. The number of aliphatic hydroxyl groups is 2. The van der Waals surface area contributed by atoms with Gasteiger partial charge in [0.2, 0.25) is 6.29 Å². The molecule has 0 spiro atoms. The molecular weight excluding hydrogens is 663 g/mol. The smallest absolute Gasteiger partial charge is 0.392 e. The fraction of sp³-hybridized carbons (Fsp3) is 0.543.